The van der Waals surface area contributed by atoms with Gasteiger partial charge in [-0.3, -0.25) is 4.79 Å². The Morgan fingerprint density at radius 1 is 0.407 bits per heavy atom. The smallest absolute Gasteiger partial charge is 0.304 e. The molecule has 0 aliphatic heterocycles. The van der Waals surface area contributed by atoms with E-state index >= 15 is 0 Å². The van der Waals surface area contributed by atoms with Crippen LogP contribution in [-0.4, -0.2) is 31.5 Å². The Morgan fingerprint density at radius 3 is 0.864 bits per heavy atom. The van der Waals surface area contributed by atoms with Gasteiger partial charge in [-0.25, -0.2) is 0 Å². The molecule has 4 aromatic carbocycles. The molecule has 0 amide bonds. The van der Waals surface area contributed by atoms with E-state index in [4.69, 9.17) is 0 Å². The normalized spacial score (nSPS) is 13.3. The minimum absolute atomic E-state index is 0.177. The van der Waals surface area contributed by atoms with E-state index in [1.165, 1.54) is 0 Å². The van der Waals surface area contributed by atoms with Crippen molar-refractivity contribution < 1.29 is 30.3 Å². The summed E-state index contributed by atoms with van der Waals surface area (Å²) in [5.41, 5.74) is 7.25. The molecule has 322 valence electrons. The number of rotatable bonds is 8. The van der Waals surface area contributed by atoms with E-state index < -0.39 is 22.7 Å². The van der Waals surface area contributed by atoms with Crippen LogP contribution in [0.15, 0.2) is 48.5 Å². The molecular formula is C53H74O6. The predicted octanol–water partition coefficient (Wildman–Crippen LogP) is 13.1. The molecule has 0 unspecified atom stereocenters. The minimum atomic E-state index is -0.958. The summed E-state index contributed by atoms with van der Waals surface area (Å²) < 4.78 is 0. The van der Waals surface area contributed by atoms with Gasteiger partial charge >= 0.3 is 5.97 Å². The summed E-state index contributed by atoms with van der Waals surface area (Å²) in [5, 5.41) is 57.5. The zero-order chi connectivity index (χ0) is 45.2. The third-order valence-corrected chi connectivity index (χ3v) is 11.6. The van der Waals surface area contributed by atoms with E-state index in [1.54, 1.807) is 0 Å². The molecule has 4 rings (SSSR count). The van der Waals surface area contributed by atoms with Crippen molar-refractivity contribution in [1.82, 2.24) is 0 Å². The van der Waals surface area contributed by atoms with Gasteiger partial charge in [0.1, 0.15) is 23.0 Å². The summed E-state index contributed by atoms with van der Waals surface area (Å²) in [6.45, 7) is 37.2. The molecule has 6 nitrogen and oxygen atoms in total. The Hall–Kier alpha value is -4.45. The van der Waals surface area contributed by atoms with E-state index in [2.05, 4.69) is 83.1 Å². The first-order chi connectivity index (χ1) is 26.5. The fourth-order valence-electron chi connectivity index (χ4n) is 8.18. The van der Waals surface area contributed by atoms with Crippen molar-refractivity contribution in [2.24, 2.45) is 0 Å². The van der Waals surface area contributed by atoms with Crippen molar-refractivity contribution in [2.45, 2.75) is 182 Å². The summed E-state index contributed by atoms with van der Waals surface area (Å²) in [6, 6.07) is 15.9. The van der Waals surface area contributed by atoms with Crippen LogP contribution in [0.25, 0.3) is 0 Å². The third kappa shape index (κ3) is 10.7. The summed E-state index contributed by atoms with van der Waals surface area (Å²) in [7, 11) is 0. The van der Waals surface area contributed by atoms with Crippen LogP contribution in [0, 0.1) is 0 Å². The first-order valence-electron chi connectivity index (χ1n) is 21.2. The molecule has 0 aromatic heterocycles. The fraction of sp³-hybridized carbons (Fsp3) is 0.528. The van der Waals surface area contributed by atoms with Gasteiger partial charge in [-0.05, 0) is 99.3 Å². The van der Waals surface area contributed by atoms with E-state index in [0.717, 1.165) is 55.6 Å². The molecule has 59 heavy (non-hydrogen) atoms. The highest BCUT2D eigenvalue weighted by molar-refractivity contribution is 5.70. The largest absolute Gasteiger partial charge is 0.507 e. The number of hydrogen-bond donors (Lipinski definition) is 5. The van der Waals surface area contributed by atoms with Crippen molar-refractivity contribution >= 4 is 5.97 Å². The molecule has 0 saturated heterocycles. The summed E-state index contributed by atoms with van der Waals surface area (Å²) in [6.07, 6.45) is 0.539. The number of aromatic hydroxyl groups is 4. The Balaban J connectivity index is 2.04. The van der Waals surface area contributed by atoms with Gasteiger partial charge in [0.2, 0.25) is 0 Å². The van der Waals surface area contributed by atoms with Crippen LogP contribution in [0.4, 0.5) is 0 Å². The molecule has 0 radical (unpaired) electrons. The van der Waals surface area contributed by atoms with Gasteiger partial charge in [-0.2, -0.15) is 0 Å². The van der Waals surface area contributed by atoms with Gasteiger partial charge < -0.3 is 25.5 Å². The highest BCUT2D eigenvalue weighted by Crippen LogP contribution is 2.46. The van der Waals surface area contributed by atoms with E-state index in [0.29, 0.717) is 24.0 Å². The number of carbonyl (C=O) groups is 1. The zero-order valence-electron chi connectivity index (χ0n) is 39.5. The quantitative estimate of drug-likeness (QED) is 0.121. The standard InChI is InChI=1S/C53H74O6/c1-48(2,3)37-21-30(22-38(46(37)58)49(4,5)6)19-34-25-32(27-41(44(34)56)52(13,14)15)36(29-43(54)55)33-26-35(45(57)42(28-33)53(16,17)18)20-31-23-39(50(7,8)9)47(59)40(24-31)51(10,11)12/h21-28,36,56-59H,19-20,29H2,1-18H3,(H,54,55). The van der Waals surface area contributed by atoms with Gasteiger partial charge in [0.05, 0.1) is 6.42 Å². The SMILES string of the molecule is CC(C)(C)c1cc(C(CC(=O)O)c2cc(Cc3cc(C(C)(C)C)c(O)c(C(C)(C)C)c3)c(O)c(C(C)(C)C)c2)cc(Cc2cc(C(C)(C)C)c(O)c(C(C)(C)C)c2)c1O. The fourth-order valence-corrected chi connectivity index (χ4v) is 8.18. The Morgan fingerprint density at radius 2 is 0.644 bits per heavy atom. The number of aliphatic carboxylic acids is 1. The van der Waals surface area contributed by atoms with Crippen LogP contribution in [-0.2, 0) is 50.1 Å². The maximum Gasteiger partial charge on any atom is 0.304 e. The lowest BCUT2D eigenvalue weighted by Crippen LogP contribution is -2.19. The predicted molar refractivity (Wildman–Crippen MR) is 244 cm³/mol. The van der Waals surface area contributed by atoms with Gasteiger partial charge in [0.15, 0.2) is 0 Å². The topological polar surface area (TPSA) is 118 Å². The van der Waals surface area contributed by atoms with Crippen LogP contribution in [0.1, 0.15) is 204 Å². The number of carboxylic acid groups (broad SMARTS) is 1. The number of carboxylic acids is 1. The van der Waals surface area contributed by atoms with Crippen molar-refractivity contribution in [3.8, 4) is 23.0 Å². The van der Waals surface area contributed by atoms with Crippen LogP contribution in [0.5, 0.6) is 23.0 Å². The maximum atomic E-state index is 12.8. The third-order valence-electron chi connectivity index (χ3n) is 11.6. The molecule has 0 bridgehead atoms. The highest BCUT2D eigenvalue weighted by atomic mass is 16.4. The minimum Gasteiger partial charge on any atom is -0.507 e. The lowest BCUT2D eigenvalue weighted by molar-refractivity contribution is -0.137. The number of benzene rings is 4. The number of phenols is 4. The van der Waals surface area contributed by atoms with Crippen LogP contribution < -0.4 is 0 Å². The average molecular weight is 807 g/mol. The van der Waals surface area contributed by atoms with Crippen LogP contribution >= 0.6 is 0 Å². The van der Waals surface area contributed by atoms with E-state index in [-0.39, 0.29) is 51.1 Å². The molecule has 4 aromatic rings. The van der Waals surface area contributed by atoms with E-state index in [9.17, 15) is 30.3 Å². The van der Waals surface area contributed by atoms with Gasteiger partial charge in [0, 0.05) is 18.8 Å². The average Bonchev–Trinajstić information content (AvgIpc) is 3.03. The second-order valence-electron chi connectivity index (χ2n) is 23.2. The Labute approximate surface area is 355 Å². The molecule has 5 N–H and O–H groups in total. The molecule has 6 heteroatoms. The summed E-state index contributed by atoms with van der Waals surface area (Å²) in [5.74, 6) is -0.636. The second kappa shape index (κ2) is 15.9. The molecule has 0 aliphatic rings. The Bertz CT molecular complexity index is 1990. The molecule has 0 heterocycles. The molecular weight excluding hydrogens is 733 g/mol. The van der Waals surface area contributed by atoms with Crippen molar-refractivity contribution in [3.05, 3.63) is 115 Å². The zero-order valence-corrected chi connectivity index (χ0v) is 39.5. The molecule has 0 atom stereocenters. The number of phenolic OH excluding ortho intramolecular Hbond substituents is 4. The first-order valence-corrected chi connectivity index (χ1v) is 21.2. The van der Waals surface area contributed by atoms with Gasteiger partial charge in [-0.15, -0.1) is 0 Å². The lowest BCUT2D eigenvalue weighted by atomic mass is 9.76. The first kappa shape index (κ1) is 47.2. The summed E-state index contributed by atoms with van der Waals surface area (Å²) >= 11 is 0. The van der Waals surface area contributed by atoms with Crippen molar-refractivity contribution in [2.75, 3.05) is 0 Å². The van der Waals surface area contributed by atoms with Gasteiger partial charge in [0.25, 0.3) is 0 Å². The molecule has 0 saturated carbocycles. The highest BCUT2D eigenvalue weighted by Gasteiger charge is 2.32. The van der Waals surface area contributed by atoms with Gasteiger partial charge in [-0.1, -0.05) is 173 Å². The molecule has 0 spiro atoms. The molecule has 0 fully saturated rings. The lowest BCUT2D eigenvalue weighted by Gasteiger charge is -2.30. The van der Waals surface area contributed by atoms with Crippen LogP contribution in [0.2, 0.25) is 0 Å². The number of hydrogen-bond acceptors (Lipinski definition) is 5. The maximum absolute atomic E-state index is 12.8. The second-order valence-corrected chi connectivity index (χ2v) is 23.2. The van der Waals surface area contributed by atoms with Crippen LogP contribution in [0.3, 0.4) is 0 Å². The molecule has 0 aliphatic carbocycles. The monoisotopic (exact) mass is 807 g/mol. The van der Waals surface area contributed by atoms with E-state index in [1.807, 2.05) is 90.1 Å². The van der Waals surface area contributed by atoms with Crippen molar-refractivity contribution in [1.29, 1.82) is 0 Å². The van der Waals surface area contributed by atoms with Crippen molar-refractivity contribution in [3.63, 3.8) is 0 Å². The Kier molecular flexibility index (Phi) is 12.7. The summed E-state index contributed by atoms with van der Waals surface area (Å²) in [4.78, 5) is 12.8.